The van der Waals surface area contributed by atoms with Crippen molar-refractivity contribution in [2.24, 2.45) is 5.41 Å². The Morgan fingerprint density at radius 1 is 1.25 bits per heavy atom. The molecule has 0 amide bonds. The Bertz CT molecular complexity index is 799. The van der Waals surface area contributed by atoms with Crippen LogP contribution in [0.3, 0.4) is 0 Å². The van der Waals surface area contributed by atoms with Crippen LogP contribution >= 0.6 is 11.8 Å². The number of nitrogens with zero attached hydrogens (tertiary/aromatic N) is 4. The molecule has 0 radical (unpaired) electrons. The van der Waals surface area contributed by atoms with Gasteiger partial charge in [0.25, 0.3) is 0 Å². The quantitative estimate of drug-likeness (QED) is 0.491. The molecule has 3 aliphatic heterocycles. The number of nitriles is 1. The Kier molecular flexibility index (Phi) is 5.00. The molecule has 4 nitrogen and oxygen atoms in total. The minimum atomic E-state index is -4.45. The first-order valence-electron chi connectivity index (χ1n) is 9.40. The Morgan fingerprint density at radius 3 is 2.68 bits per heavy atom. The Morgan fingerprint density at radius 2 is 2.00 bits per heavy atom. The fourth-order valence-corrected chi connectivity index (χ4v) is 6.27. The molecule has 0 aromatic heterocycles. The number of rotatable bonds is 1. The van der Waals surface area contributed by atoms with Gasteiger partial charge >= 0.3 is 6.30 Å². The van der Waals surface area contributed by atoms with Gasteiger partial charge in [-0.15, -0.1) is 0 Å². The summed E-state index contributed by atoms with van der Waals surface area (Å²) in [4.78, 5) is 5.03. The van der Waals surface area contributed by atoms with Crippen LogP contribution < -0.4 is 0 Å². The summed E-state index contributed by atoms with van der Waals surface area (Å²) in [6, 6.07) is 1.26. The number of piperazine rings is 1. The van der Waals surface area contributed by atoms with Gasteiger partial charge in [0.1, 0.15) is 0 Å². The zero-order valence-electron chi connectivity index (χ0n) is 15.7. The van der Waals surface area contributed by atoms with Gasteiger partial charge in [-0.1, -0.05) is 12.2 Å². The summed E-state index contributed by atoms with van der Waals surface area (Å²) in [6.07, 6.45) is 3.70. The molecular formula is C20H23F3N4S. The first kappa shape index (κ1) is 19.5. The smallest absolute Gasteiger partial charge is 0.369 e. The third-order valence-electron chi connectivity index (χ3n) is 6.17. The van der Waals surface area contributed by atoms with Gasteiger partial charge in [0.05, 0.1) is 12.1 Å². The first-order valence-corrected chi connectivity index (χ1v) is 10.6. The van der Waals surface area contributed by atoms with E-state index in [1.54, 1.807) is 30.0 Å². The molecule has 1 aliphatic carbocycles. The van der Waals surface area contributed by atoms with Crippen molar-refractivity contribution in [3.05, 3.63) is 47.3 Å². The van der Waals surface area contributed by atoms with Crippen LogP contribution in [0, 0.1) is 16.7 Å². The van der Waals surface area contributed by atoms with E-state index in [1.165, 1.54) is 12.3 Å². The Balaban J connectivity index is 1.84. The maximum Gasteiger partial charge on any atom is 0.484 e. The largest absolute Gasteiger partial charge is 0.484 e. The van der Waals surface area contributed by atoms with E-state index < -0.39 is 17.8 Å². The third kappa shape index (κ3) is 3.25. The standard InChI is InChI=1S/C20H23F3N4S/c1-25-8-10-26(11-9-25)17-5-7-27(20(21,22)23)18-3-2-15(4-6-24)12-19(18)14-28-13-16(17)19/h2-5,7,18H,8-14H2,1H3/b15-4-. The summed E-state index contributed by atoms with van der Waals surface area (Å²) in [5.41, 5.74) is 2.21. The van der Waals surface area contributed by atoms with Crippen molar-refractivity contribution in [1.29, 1.82) is 5.26 Å². The van der Waals surface area contributed by atoms with E-state index in [0.29, 0.717) is 17.1 Å². The highest BCUT2D eigenvalue weighted by Crippen LogP contribution is 2.55. The van der Waals surface area contributed by atoms with Crippen LogP contribution in [-0.4, -0.2) is 71.8 Å². The predicted octanol–water partition coefficient (Wildman–Crippen LogP) is 3.35. The van der Waals surface area contributed by atoms with Gasteiger partial charge in [-0.25, -0.2) is 0 Å². The molecule has 2 unspecified atom stereocenters. The zero-order chi connectivity index (χ0) is 19.9. The van der Waals surface area contributed by atoms with E-state index in [0.717, 1.165) is 48.8 Å². The lowest BCUT2D eigenvalue weighted by Gasteiger charge is -2.45. The van der Waals surface area contributed by atoms with E-state index in [1.807, 2.05) is 6.07 Å². The van der Waals surface area contributed by atoms with E-state index in [9.17, 15) is 13.2 Å². The molecule has 8 heteroatoms. The average molecular weight is 408 g/mol. The van der Waals surface area contributed by atoms with Crippen LogP contribution in [0.25, 0.3) is 0 Å². The molecule has 0 saturated carbocycles. The van der Waals surface area contributed by atoms with Crippen molar-refractivity contribution in [3.63, 3.8) is 0 Å². The number of alkyl halides is 3. The highest BCUT2D eigenvalue weighted by atomic mass is 32.2. The number of likely N-dealkylation sites (N-methyl/N-ethyl adjacent to an activating group) is 1. The lowest BCUT2D eigenvalue weighted by molar-refractivity contribution is -0.242. The maximum absolute atomic E-state index is 13.9. The van der Waals surface area contributed by atoms with Gasteiger partial charge in [-0.05, 0) is 30.7 Å². The number of allylic oxidation sites excluding steroid dienone is 4. The van der Waals surface area contributed by atoms with Crippen molar-refractivity contribution < 1.29 is 13.2 Å². The maximum atomic E-state index is 13.9. The van der Waals surface area contributed by atoms with E-state index in [4.69, 9.17) is 5.26 Å². The molecule has 2 saturated heterocycles. The van der Waals surface area contributed by atoms with Crippen molar-refractivity contribution in [2.45, 2.75) is 18.8 Å². The molecule has 2 atom stereocenters. The molecule has 4 aliphatic rings. The van der Waals surface area contributed by atoms with Crippen LogP contribution in [-0.2, 0) is 0 Å². The fraction of sp³-hybridized carbons (Fsp3) is 0.550. The van der Waals surface area contributed by atoms with Crippen LogP contribution in [0.4, 0.5) is 13.2 Å². The van der Waals surface area contributed by atoms with E-state index >= 15 is 0 Å². The highest BCUT2D eigenvalue weighted by Gasteiger charge is 2.55. The summed E-state index contributed by atoms with van der Waals surface area (Å²) >= 11 is 1.70. The summed E-state index contributed by atoms with van der Waals surface area (Å²) in [5.74, 6) is 1.37. The van der Waals surface area contributed by atoms with Gasteiger partial charge in [0.15, 0.2) is 0 Å². The van der Waals surface area contributed by atoms with Crippen LogP contribution in [0.1, 0.15) is 6.42 Å². The molecule has 3 heterocycles. The summed E-state index contributed by atoms with van der Waals surface area (Å²) in [5, 5.41) is 9.08. The normalized spacial score (nSPS) is 32.4. The van der Waals surface area contributed by atoms with Crippen molar-refractivity contribution in [3.8, 4) is 6.07 Å². The van der Waals surface area contributed by atoms with Crippen LogP contribution in [0.5, 0.6) is 0 Å². The van der Waals surface area contributed by atoms with Gasteiger partial charge in [-0.3, -0.25) is 4.90 Å². The molecule has 0 aromatic carbocycles. The molecule has 2 fully saturated rings. The van der Waals surface area contributed by atoms with Crippen LogP contribution in [0.2, 0.25) is 0 Å². The monoisotopic (exact) mass is 408 g/mol. The lowest BCUT2D eigenvalue weighted by Crippen LogP contribution is -2.52. The third-order valence-corrected chi connectivity index (χ3v) is 7.39. The molecule has 150 valence electrons. The minimum absolute atomic E-state index is 0.468. The highest BCUT2D eigenvalue weighted by molar-refractivity contribution is 7.99. The topological polar surface area (TPSA) is 33.5 Å². The molecule has 0 bridgehead atoms. The second-order valence-corrected chi connectivity index (χ2v) is 8.81. The predicted molar refractivity (Wildman–Crippen MR) is 104 cm³/mol. The number of halogens is 3. The lowest BCUT2D eigenvalue weighted by atomic mass is 9.67. The summed E-state index contributed by atoms with van der Waals surface area (Å²) in [6.45, 7) is 3.43. The second-order valence-electron chi connectivity index (χ2n) is 7.82. The van der Waals surface area contributed by atoms with E-state index in [-0.39, 0.29) is 0 Å². The number of hydrogen-bond acceptors (Lipinski definition) is 5. The molecule has 4 rings (SSSR count). The van der Waals surface area contributed by atoms with E-state index in [2.05, 4.69) is 16.8 Å². The molecular weight excluding hydrogens is 385 g/mol. The molecule has 28 heavy (non-hydrogen) atoms. The van der Waals surface area contributed by atoms with Gasteiger partial charge in [0, 0.05) is 61.1 Å². The Labute approximate surface area is 167 Å². The van der Waals surface area contributed by atoms with Gasteiger partial charge in [-0.2, -0.15) is 30.2 Å². The van der Waals surface area contributed by atoms with Gasteiger partial charge in [0.2, 0.25) is 0 Å². The summed E-state index contributed by atoms with van der Waals surface area (Å²) in [7, 11) is 2.07. The van der Waals surface area contributed by atoms with Crippen molar-refractivity contribution >= 4 is 11.8 Å². The minimum Gasteiger partial charge on any atom is -0.369 e. The number of hydrogen-bond donors (Lipinski definition) is 0. The van der Waals surface area contributed by atoms with Crippen molar-refractivity contribution in [2.75, 3.05) is 44.7 Å². The fourth-order valence-electron chi connectivity index (χ4n) is 4.71. The first-order chi connectivity index (χ1) is 13.3. The molecule has 1 spiro atoms. The second kappa shape index (κ2) is 7.20. The SMILES string of the molecule is CN1CCN(C2=C3CSCC34C/C(=C\C#N)C=CC4N(C(F)(F)F)C=C2)CC1. The van der Waals surface area contributed by atoms with Crippen molar-refractivity contribution in [1.82, 2.24) is 14.7 Å². The zero-order valence-corrected chi connectivity index (χ0v) is 16.6. The molecule has 0 N–H and O–H groups in total. The van der Waals surface area contributed by atoms with Crippen LogP contribution in [0.15, 0.2) is 47.3 Å². The molecule has 0 aromatic rings. The Hall–Kier alpha value is -1.85. The number of thioether (sulfide) groups is 1. The average Bonchev–Trinajstić information content (AvgIpc) is 2.97. The summed E-state index contributed by atoms with van der Waals surface area (Å²) < 4.78 is 41.8. The van der Waals surface area contributed by atoms with Gasteiger partial charge < -0.3 is 9.80 Å².